The van der Waals surface area contributed by atoms with Crippen LogP contribution in [0.1, 0.15) is 113 Å². The Bertz CT molecular complexity index is 2200. The molecule has 2 aliphatic heterocycles. The standard InChI is InChI=1S/C44H51N7O4/c1-26(2)37(49-42(54)55-4)41(53)51-25-43(16-17-43)21-35(51)38-45-23-34(48-38)31-13-10-28(11-14-31)8-9-29-12-15-32-33(20-29)47-39(46-32)36-22-44(18-19-44)24-50(36)40(52)27(3)30-6-5-7-30/h10-15,20,23,26-27,30,35-37H,5-7,16-19,21-22,24-25H2,1-4H3,(H,45,48)(H,46,47)(H,49,54)/t27-,35-,36-,37-/m0/s1. The van der Waals surface area contributed by atoms with E-state index >= 15 is 0 Å². The van der Waals surface area contributed by atoms with Gasteiger partial charge >= 0.3 is 6.09 Å². The van der Waals surface area contributed by atoms with Crippen LogP contribution in [0.25, 0.3) is 22.3 Å². The Balaban J connectivity index is 0.885. The molecule has 3 saturated carbocycles. The molecule has 2 aromatic carbocycles. The number of imidazole rings is 2. The van der Waals surface area contributed by atoms with Crippen molar-refractivity contribution in [2.45, 2.75) is 96.7 Å². The summed E-state index contributed by atoms with van der Waals surface area (Å²) in [5.41, 5.74) is 5.90. The number of carbonyl (C=O) groups is 3. The number of amides is 3. The van der Waals surface area contributed by atoms with Crippen LogP contribution in [0, 0.1) is 40.4 Å². The molecule has 4 heterocycles. The normalized spacial score (nSPS) is 23.1. The molecule has 5 fully saturated rings. The van der Waals surface area contributed by atoms with Gasteiger partial charge in [-0.1, -0.05) is 51.2 Å². The molecule has 4 aromatic rings. The van der Waals surface area contributed by atoms with E-state index in [-0.39, 0.29) is 40.7 Å². The monoisotopic (exact) mass is 741 g/mol. The topological polar surface area (TPSA) is 136 Å². The molecule has 2 aromatic heterocycles. The van der Waals surface area contributed by atoms with Crippen molar-refractivity contribution in [3.05, 3.63) is 71.4 Å². The Morgan fingerprint density at radius 3 is 2.11 bits per heavy atom. The van der Waals surface area contributed by atoms with Crippen molar-refractivity contribution in [3.63, 3.8) is 0 Å². The van der Waals surface area contributed by atoms with E-state index in [1.807, 2.05) is 61.3 Å². The number of benzene rings is 2. The van der Waals surface area contributed by atoms with Crippen molar-refractivity contribution >= 4 is 28.9 Å². The van der Waals surface area contributed by atoms with Crippen molar-refractivity contribution in [1.82, 2.24) is 35.1 Å². The van der Waals surface area contributed by atoms with Gasteiger partial charge in [0.1, 0.15) is 17.7 Å². The third kappa shape index (κ3) is 6.78. The van der Waals surface area contributed by atoms with Gasteiger partial charge in [-0.05, 0) is 110 Å². The van der Waals surface area contributed by atoms with Gasteiger partial charge in [-0.3, -0.25) is 9.59 Å². The third-order valence-corrected chi connectivity index (χ3v) is 13.4. The first-order chi connectivity index (χ1) is 26.5. The van der Waals surface area contributed by atoms with Crippen molar-refractivity contribution < 1.29 is 19.1 Å². The number of alkyl carbamates (subject to hydrolysis) is 1. The van der Waals surface area contributed by atoms with Crippen molar-refractivity contribution in [2.75, 3.05) is 20.2 Å². The average molecular weight is 742 g/mol. The molecule has 0 bridgehead atoms. The van der Waals surface area contributed by atoms with Crippen LogP contribution in [0.5, 0.6) is 0 Å². The fraction of sp³-hybridized carbons (Fsp3) is 0.523. The lowest BCUT2D eigenvalue weighted by Crippen LogP contribution is -2.51. The first-order valence-electron chi connectivity index (χ1n) is 20.2. The van der Waals surface area contributed by atoms with Gasteiger partial charge in [0.2, 0.25) is 11.8 Å². The van der Waals surface area contributed by atoms with Gasteiger partial charge in [-0.25, -0.2) is 14.8 Å². The van der Waals surface area contributed by atoms with Crippen molar-refractivity contribution in [3.8, 4) is 23.1 Å². The lowest BCUT2D eigenvalue weighted by Gasteiger charge is -2.34. The van der Waals surface area contributed by atoms with Crippen LogP contribution in [-0.4, -0.2) is 73.9 Å². The van der Waals surface area contributed by atoms with Crippen molar-refractivity contribution in [1.29, 1.82) is 0 Å². The van der Waals surface area contributed by atoms with E-state index in [9.17, 15) is 14.4 Å². The average Bonchev–Trinajstić information content (AvgIpc) is 3.78. The maximum atomic E-state index is 13.8. The SMILES string of the molecule is COC(=O)N[C@H](C(=O)N1CC2(CC2)C[C@H]1c1ncc(-c2ccc(C#Cc3ccc4nc([C@@H]5CC6(CC6)CN5C(=O)[C@@H](C)C5CCC5)[nH]c4c3)cc2)[nH]1)C(C)C. The van der Waals surface area contributed by atoms with Crippen molar-refractivity contribution in [2.24, 2.45) is 28.6 Å². The molecule has 11 nitrogen and oxygen atoms in total. The number of H-pyrrole nitrogens is 2. The van der Waals surface area contributed by atoms with Crippen LogP contribution in [0.15, 0.2) is 48.7 Å². The number of rotatable bonds is 8. The molecule has 2 saturated heterocycles. The van der Waals surface area contributed by atoms with Gasteiger partial charge in [-0.15, -0.1) is 0 Å². The third-order valence-electron chi connectivity index (χ3n) is 13.4. The zero-order valence-corrected chi connectivity index (χ0v) is 32.3. The second kappa shape index (κ2) is 13.6. The summed E-state index contributed by atoms with van der Waals surface area (Å²) in [5, 5.41) is 2.75. The van der Waals surface area contributed by atoms with E-state index in [2.05, 4.69) is 45.0 Å². The molecule has 9 rings (SSSR count). The first-order valence-corrected chi connectivity index (χ1v) is 20.2. The van der Waals surface area contributed by atoms with E-state index in [0.29, 0.717) is 18.4 Å². The number of hydrogen-bond acceptors (Lipinski definition) is 6. The molecule has 11 heteroatoms. The van der Waals surface area contributed by atoms with E-state index < -0.39 is 12.1 Å². The number of likely N-dealkylation sites (tertiary alicyclic amines) is 2. The van der Waals surface area contributed by atoms with Gasteiger partial charge in [0, 0.05) is 30.1 Å². The molecule has 0 radical (unpaired) electrons. The molecule has 4 atom stereocenters. The second-order valence-electron chi connectivity index (χ2n) is 17.6. The van der Waals surface area contributed by atoms with Crippen LogP contribution < -0.4 is 5.32 Å². The highest BCUT2D eigenvalue weighted by Gasteiger charge is 2.56. The van der Waals surface area contributed by atoms with Gasteiger partial charge in [-0.2, -0.15) is 0 Å². The number of nitrogens with zero attached hydrogens (tertiary/aromatic N) is 4. The molecular formula is C44H51N7O4. The van der Waals surface area contributed by atoms with E-state index in [4.69, 9.17) is 14.7 Å². The van der Waals surface area contributed by atoms with Crippen LogP contribution in [-0.2, 0) is 14.3 Å². The van der Waals surface area contributed by atoms with Crippen LogP contribution in [0.2, 0.25) is 0 Å². The molecule has 55 heavy (non-hydrogen) atoms. The van der Waals surface area contributed by atoms with Gasteiger partial charge < -0.3 is 29.8 Å². The Labute approximate surface area is 322 Å². The molecular weight excluding hydrogens is 691 g/mol. The zero-order chi connectivity index (χ0) is 38.1. The molecule has 5 aliphatic rings. The molecule has 286 valence electrons. The number of fused-ring (bicyclic) bond motifs is 1. The molecule has 3 N–H and O–H groups in total. The van der Waals surface area contributed by atoms with Gasteiger partial charge in [0.25, 0.3) is 0 Å². The summed E-state index contributed by atoms with van der Waals surface area (Å²) in [5.74, 6) is 9.02. The first kappa shape index (κ1) is 35.6. The number of hydrogen-bond donors (Lipinski definition) is 3. The predicted molar refractivity (Wildman–Crippen MR) is 208 cm³/mol. The Morgan fingerprint density at radius 1 is 0.855 bits per heavy atom. The lowest BCUT2D eigenvalue weighted by atomic mass is 9.76. The molecule has 3 amide bonds. The van der Waals surface area contributed by atoms with Gasteiger partial charge in [0.05, 0.1) is 42.1 Å². The van der Waals surface area contributed by atoms with E-state index in [1.54, 1.807) is 0 Å². The summed E-state index contributed by atoms with van der Waals surface area (Å²) in [6.07, 6.45) is 11.3. The molecule has 2 spiro atoms. The highest BCUT2D eigenvalue weighted by Crippen LogP contribution is 2.59. The van der Waals surface area contributed by atoms with E-state index in [0.717, 1.165) is 77.3 Å². The minimum absolute atomic E-state index is 0.00548. The number of aromatic amines is 2. The second-order valence-corrected chi connectivity index (χ2v) is 17.6. The van der Waals surface area contributed by atoms with Crippen LogP contribution >= 0.6 is 0 Å². The Kier molecular flexibility index (Phi) is 8.78. The minimum atomic E-state index is -0.675. The Morgan fingerprint density at radius 2 is 1.49 bits per heavy atom. The number of nitrogens with one attached hydrogen (secondary N) is 3. The zero-order valence-electron chi connectivity index (χ0n) is 32.3. The Hall–Kier alpha value is -5.11. The van der Waals surface area contributed by atoms with Crippen LogP contribution in [0.3, 0.4) is 0 Å². The maximum absolute atomic E-state index is 13.8. The summed E-state index contributed by atoms with van der Waals surface area (Å²) in [4.78, 5) is 60.5. The summed E-state index contributed by atoms with van der Waals surface area (Å²) >= 11 is 0. The number of aromatic nitrogens is 4. The van der Waals surface area contributed by atoms with Gasteiger partial charge in [0.15, 0.2) is 0 Å². The number of methoxy groups -OCH3 is 1. The van der Waals surface area contributed by atoms with E-state index in [1.165, 1.54) is 39.2 Å². The fourth-order valence-corrected chi connectivity index (χ4v) is 9.22. The van der Waals surface area contributed by atoms with Crippen LogP contribution in [0.4, 0.5) is 4.79 Å². The number of carbonyl (C=O) groups excluding carboxylic acids is 3. The maximum Gasteiger partial charge on any atom is 0.407 e. The summed E-state index contributed by atoms with van der Waals surface area (Å²) in [7, 11) is 1.31. The predicted octanol–water partition coefficient (Wildman–Crippen LogP) is 7.28. The molecule has 0 unspecified atom stereocenters. The molecule has 3 aliphatic carbocycles. The minimum Gasteiger partial charge on any atom is -0.453 e. The number of ether oxygens (including phenoxy) is 1. The highest BCUT2D eigenvalue weighted by atomic mass is 16.5. The quantitative estimate of drug-likeness (QED) is 0.163. The fourth-order valence-electron chi connectivity index (χ4n) is 9.22. The largest absolute Gasteiger partial charge is 0.453 e. The summed E-state index contributed by atoms with van der Waals surface area (Å²) in [6.45, 7) is 7.51. The highest BCUT2D eigenvalue weighted by molar-refractivity contribution is 5.86. The lowest BCUT2D eigenvalue weighted by molar-refractivity contribution is -0.139. The summed E-state index contributed by atoms with van der Waals surface area (Å²) in [6, 6.07) is 13.3. The smallest absolute Gasteiger partial charge is 0.407 e. The summed E-state index contributed by atoms with van der Waals surface area (Å²) < 4.78 is 4.81.